The first-order chi connectivity index (χ1) is 17.1. The Balaban J connectivity index is 1.29. The molecule has 3 aromatic rings. The molecule has 3 heterocycles. The van der Waals surface area contributed by atoms with Gasteiger partial charge < -0.3 is 24.7 Å². The molecule has 0 radical (unpaired) electrons. The van der Waals surface area contributed by atoms with Crippen LogP contribution in [0.1, 0.15) is 52.8 Å². The summed E-state index contributed by atoms with van der Waals surface area (Å²) >= 11 is 0. The number of hydrogen-bond donors (Lipinski definition) is 2. The first-order valence-electron chi connectivity index (χ1n) is 12.4. The van der Waals surface area contributed by atoms with Crippen LogP contribution in [0, 0.1) is 5.41 Å². The third kappa shape index (κ3) is 5.32. The lowest BCUT2D eigenvalue weighted by atomic mass is 9.75. The Bertz CT molecular complexity index is 1180. The molecule has 1 fully saturated rings. The summed E-state index contributed by atoms with van der Waals surface area (Å²) in [6.07, 6.45) is 6.39. The molecule has 184 valence electrons. The van der Waals surface area contributed by atoms with Crippen molar-refractivity contribution in [3.8, 4) is 5.75 Å². The second kappa shape index (κ2) is 10.5. The Kier molecular flexibility index (Phi) is 6.99. The molecule has 35 heavy (non-hydrogen) atoms. The predicted octanol–water partition coefficient (Wildman–Crippen LogP) is 3.79. The summed E-state index contributed by atoms with van der Waals surface area (Å²) in [5.74, 6) is 0.507. The summed E-state index contributed by atoms with van der Waals surface area (Å²) in [5, 5.41) is 2.91. The molecule has 0 atom stereocenters. The zero-order chi connectivity index (χ0) is 24.1. The van der Waals surface area contributed by atoms with E-state index < -0.39 is 0 Å². The van der Waals surface area contributed by atoms with Crippen molar-refractivity contribution in [3.63, 3.8) is 0 Å². The highest BCUT2D eigenvalue weighted by atomic mass is 16.5. The minimum absolute atomic E-state index is 0.0438. The maximum Gasteiger partial charge on any atom is 0.255 e. The van der Waals surface area contributed by atoms with Crippen molar-refractivity contribution in [2.24, 2.45) is 5.41 Å². The normalized spacial score (nSPS) is 19.4. The second-order valence-corrected chi connectivity index (χ2v) is 9.54. The van der Waals surface area contributed by atoms with E-state index in [9.17, 15) is 9.59 Å². The molecule has 0 bridgehead atoms. The number of para-hydroxylation sites is 1. The number of aromatic amines is 1. The summed E-state index contributed by atoms with van der Waals surface area (Å²) in [5.41, 5.74) is 2.90. The monoisotopic (exact) mass is 476 g/mol. The van der Waals surface area contributed by atoms with Crippen molar-refractivity contribution in [3.05, 3.63) is 59.9 Å². The number of imidazole rings is 1. The van der Waals surface area contributed by atoms with Crippen molar-refractivity contribution < 1.29 is 19.1 Å². The van der Waals surface area contributed by atoms with Gasteiger partial charge in [0.1, 0.15) is 5.75 Å². The van der Waals surface area contributed by atoms with Crippen LogP contribution in [0.15, 0.2) is 48.8 Å². The predicted molar refractivity (Wildman–Crippen MR) is 133 cm³/mol. The molecule has 1 spiro atoms. The number of H-pyrrole nitrogens is 1. The quantitative estimate of drug-likeness (QED) is 0.557. The number of hydrogen-bond acceptors (Lipinski definition) is 5. The molecule has 0 unspecified atom stereocenters. The highest BCUT2D eigenvalue weighted by Crippen LogP contribution is 2.38. The van der Waals surface area contributed by atoms with Crippen molar-refractivity contribution in [1.29, 1.82) is 0 Å². The third-order valence-electron chi connectivity index (χ3n) is 7.22. The van der Waals surface area contributed by atoms with Gasteiger partial charge in [-0.15, -0.1) is 0 Å². The first-order valence-corrected chi connectivity index (χ1v) is 12.4. The average Bonchev–Trinajstić information content (AvgIpc) is 3.37. The molecular formula is C27H32N4O4. The molecule has 8 heteroatoms. The second-order valence-electron chi connectivity index (χ2n) is 9.54. The fraction of sp³-hybridized carbons (Fsp3) is 0.444. The van der Waals surface area contributed by atoms with Crippen molar-refractivity contribution >= 4 is 22.8 Å². The number of nitrogens with one attached hydrogen (secondary N) is 2. The smallest absolute Gasteiger partial charge is 0.255 e. The number of benzene rings is 2. The zero-order valence-corrected chi connectivity index (χ0v) is 19.9. The Labute approximate surface area is 205 Å². The van der Waals surface area contributed by atoms with Crippen LogP contribution in [0.3, 0.4) is 0 Å². The molecular weight excluding hydrogens is 444 g/mol. The van der Waals surface area contributed by atoms with Gasteiger partial charge in [0.05, 0.1) is 36.1 Å². The Morgan fingerprint density at radius 1 is 1.03 bits per heavy atom. The minimum atomic E-state index is -0.148. The maximum atomic E-state index is 13.2. The van der Waals surface area contributed by atoms with E-state index >= 15 is 0 Å². The molecule has 2 aromatic carbocycles. The van der Waals surface area contributed by atoms with Crippen LogP contribution in [-0.4, -0.2) is 66.1 Å². The lowest BCUT2D eigenvalue weighted by Gasteiger charge is -2.42. The van der Waals surface area contributed by atoms with Crippen LogP contribution in [-0.2, 0) is 4.74 Å². The Hall–Kier alpha value is -3.39. The molecule has 8 nitrogen and oxygen atoms in total. The zero-order valence-electron chi connectivity index (χ0n) is 19.9. The van der Waals surface area contributed by atoms with E-state index in [1.807, 2.05) is 41.3 Å². The van der Waals surface area contributed by atoms with Crippen LogP contribution in [0.4, 0.5) is 0 Å². The molecule has 2 aliphatic heterocycles. The highest BCUT2D eigenvalue weighted by Gasteiger charge is 2.37. The molecule has 0 saturated carbocycles. The van der Waals surface area contributed by atoms with Gasteiger partial charge in [-0.3, -0.25) is 9.59 Å². The van der Waals surface area contributed by atoms with E-state index in [1.54, 1.807) is 12.4 Å². The van der Waals surface area contributed by atoms with Crippen molar-refractivity contribution in [2.45, 2.75) is 32.1 Å². The van der Waals surface area contributed by atoms with Gasteiger partial charge in [-0.25, -0.2) is 4.98 Å². The minimum Gasteiger partial charge on any atom is -0.492 e. The molecule has 0 aliphatic carbocycles. The van der Waals surface area contributed by atoms with Crippen molar-refractivity contribution in [1.82, 2.24) is 20.2 Å². The summed E-state index contributed by atoms with van der Waals surface area (Å²) in [7, 11) is 0. The summed E-state index contributed by atoms with van der Waals surface area (Å²) in [6, 6.07) is 13.0. The molecule has 2 N–H and O–H groups in total. The van der Waals surface area contributed by atoms with Gasteiger partial charge in [-0.2, -0.15) is 0 Å². The van der Waals surface area contributed by atoms with E-state index in [4.69, 9.17) is 9.47 Å². The number of fused-ring (bicyclic) bond motifs is 2. The number of aromatic nitrogens is 2. The van der Waals surface area contributed by atoms with Gasteiger partial charge in [0, 0.05) is 37.2 Å². The largest absolute Gasteiger partial charge is 0.492 e. The van der Waals surface area contributed by atoms with Crippen LogP contribution >= 0.6 is 0 Å². The number of rotatable bonds is 1. The van der Waals surface area contributed by atoms with Crippen molar-refractivity contribution in [2.75, 3.05) is 39.5 Å². The van der Waals surface area contributed by atoms with Crippen LogP contribution in [0.2, 0.25) is 0 Å². The van der Waals surface area contributed by atoms with Crippen LogP contribution in [0.5, 0.6) is 5.75 Å². The fourth-order valence-electron chi connectivity index (χ4n) is 5.05. The molecule has 5 rings (SSSR count). The van der Waals surface area contributed by atoms with Crippen LogP contribution in [0.25, 0.3) is 11.0 Å². The van der Waals surface area contributed by atoms with E-state index in [1.165, 1.54) is 0 Å². The maximum absolute atomic E-state index is 13.2. The molecule has 2 aliphatic rings. The molecule has 1 saturated heterocycles. The summed E-state index contributed by atoms with van der Waals surface area (Å²) in [4.78, 5) is 35.1. The number of nitrogens with zero attached hydrogens (tertiary/aromatic N) is 2. The third-order valence-corrected chi connectivity index (χ3v) is 7.22. The van der Waals surface area contributed by atoms with E-state index in [0.717, 1.165) is 43.1 Å². The standard InChI is InChI=1S/C27H32N4O4/c32-25-21-5-1-2-6-24(21)35-18-27(9-3-4-15-34-16-12-28-25)10-13-31(14-11-27)26(33)20-7-8-22-23(17-20)30-19-29-22/h1-2,5-8,17,19H,3-4,9-16,18H2,(H,28,32)(H,29,30). The van der Waals surface area contributed by atoms with E-state index in [-0.39, 0.29) is 17.2 Å². The average molecular weight is 477 g/mol. The van der Waals surface area contributed by atoms with Gasteiger partial charge >= 0.3 is 0 Å². The number of likely N-dealkylation sites (tertiary alicyclic amines) is 1. The number of ether oxygens (including phenoxy) is 2. The van der Waals surface area contributed by atoms with Gasteiger partial charge in [0.25, 0.3) is 11.8 Å². The number of amides is 2. The number of carbonyl (C=O) groups is 2. The van der Waals surface area contributed by atoms with Crippen LogP contribution < -0.4 is 10.1 Å². The SMILES string of the molecule is O=C1NCCOCCCCC2(CCN(C(=O)c3ccc4nc[nH]c4c3)CC2)COc2ccccc21. The van der Waals surface area contributed by atoms with Gasteiger partial charge in [0.2, 0.25) is 0 Å². The van der Waals surface area contributed by atoms with E-state index in [2.05, 4.69) is 15.3 Å². The lowest BCUT2D eigenvalue weighted by molar-refractivity contribution is 0.0341. The van der Waals surface area contributed by atoms with E-state index in [0.29, 0.717) is 56.3 Å². The van der Waals surface area contributed by atoms with Gasteiger partial charge in [-0.1, -0.05) is 18.6 Å². The lowest BCUT2D eigenvalue weighted by Crippen LogP contribution is -2.45. The summed E-state index contributed by atoms with van der Waals surface area (Å²) < 4.78 is 12.0. The Morgan fingerprint density at radius 2 is 1.89 bits per heavy atom. The van der Waals surface area contributed by atoms with Gasteiger partial charge in [-0.05, 0) is 56.0 Å². The fourth-order valence-corrected chi connectivity index (χ4v) is 5.05. The first kappa shape index (κ1) is 23.4. The molecule has 1 aromatic heterocycles. The summed E-state index contributed by atoms with van der Waals surface area (Å²) in [6.45, 7) is 3.56. The molecule has 2 amide bonds. The number of piperidine rings is 1. The Morgan fingerprint density at radius 3 is 2.77 bits per heavy atom. The van der Waals surface area contributed by atoms with Gasteiger partial charge in [0.15, 0.2) is 0 Å². The number of carbonyl (C=O) groups excluding carboxylic acids is 2. The topological polar surface area (TPSA) is 96.5 Å². The highest BCUT2D eigenvalue weighted by molar-refractivity contribution is 5.97.